The highest BCUT2D eigenvalue weighted by atomic mass is 32.2. The summed E-state index contributed by atoms with van der Waals surface area (Å²) in [5, 5.41) is 11.4. The summed E-state index contributed by atoms with van der Waals surface area (Å²) >= 11 is 0. The molecule has 1 amide bonds. The summed E-state index contributed by atoms with van der Waals surface area (Å²) in [4.78, 5) is 12.7. The van der Waals surface area contributed by atoms with Gasteiger partial charge in [0.2, 0.25) is 15.9 Å². The number of aromatic nitrogens is 4. The van der Waals surface area contributed by atoms with E-state index < -0.39 is 10.0 Å². The summed E-state index contributed by atoms with van der Waals surface area (Å²) in [6, 6.07) is 2.00. The third-order valence-corrected chi connectivity index (χ3v) is 7.36. The van der Waals surface area contributed by atoms with E-state index in [-0.39, 0.29) is 24.1 Å². The maximum absolute atomic E-state index is 12.8. The van der Waals surface area contributed by atoms with E-state index in [9.17, 15) is 13.2 Å². The van der Waals surface area contributed by atoms with Crippen molar-refractivity contribution in [2.75, 3.05) is 19.6 Å². The number of hydrogen-bond donors (Lipinski definition) is 1. The monoisotopic (exact) mass is 424 g/mol. The highest BCUT2D eigenvalue weighted by Gasteiger charge is 2.33. The average Bonchev–Trinajstić information content (AvgIpc) is 3.16. The van der Waals surface area contributed by atoms with E-state index in [0.29, 0.717) is 44.7 Å². The van der Waals surface area contributed by atoms with E-state index in [1.807, 2.05) is 24.6 Å². The van der Waals surface area contributed by atoms with Crippen LogP contribution in [0.2, 0.25) is 0 Å². The first-order valence-corrected chi connectivity index (χ1v) is 10.9. The standard InChI is InChI=1S/C18H28N6O3S.CH4/c1-13-11-14(2)24(21-13)10-7-19-18(25)16-5-8-23(9-6-16)28(26,27)17-12-20-22(4)15(17)3;/h11-12,16H,5-10H2,1-4H3,(H,19,25);1H4. The maximum Gasteiger partial charge on any atom is 0.246 e. The molecule has 3 heterocycles. The lowest BCUT2D eigenvalue weighted by atomic mass is 9.97. The molecule has 0 spiro atoms. The van der Waals surface area contributed by atoms with E-state index in [2.05, 4.69) is 15.5 Å². The SMILES string of the molecule is C.Cc1cc(C)n(CCNC(=O)C2CCN(S(=O)(=O)c3cnn(C)c3C)CC2)n1. The lowest BCUT2D eigenvalue weighted by molar-refractivity contribution is -0.126. The molecule has 0 atom stereocenters. The number of carbonyl (C=O) groups excluding carboxylic acids is 1. The number of nitrogens with one attached hydrogen (secondary N) is 1. The lowest BCUT2D eigenvalue weighted by Gasteiger charge is -2.30. The summed E-state index contributed by atoms with van der Waals surface area (Å²) < 4.78 is 30.5. The Bertz CT molecular complexity index is 955. The first kappa shape index (κ1) is 23.1. The maximum atomic E-state index is 12.8. The Balaban J connectivity index is 0.00000300. The third kappa shape index (κ3) is 4.87. The van der Waals surface area contributed by atoms with Gasteiger partial charge in [-0.15, -0.1) is 0 Å². The number of aryl methyl sites for hydroxylation is 3. The van der Waals surface area contributed by atoms with Crippen molar-refractivity contribution in [1.82, 2.24) is 29.2 Å². The molecule has 29 heavy (non-hydrogen) atoms. The molecule has 1 aliphatic rings. The number of rotatable bonds is 6. The molecule has 10 heteroatoms. The fraction of sp³-hybridized carbons (Fsp3) is 0.632. The van der Waals surface area contributed by atoms with Gasteiger partial charge in [0.05, 0.1) is 24.1 Å². The summed E-state index contributed by atoms with van der Waals surface area (Å²) in [6.07, 6.45) is 2.43. The molecule has 0 radical (unpaired) electrons. The minimum absolute atomic E-state index is 0. The fourth-order valence-electron chi connectivity index (χ4n) is 3.56. The fourth-order valence-corrected chi connectivity index (χ4v) is 5.22. The molecule has 1 saturated heterocycles. The Kier molecular flexibility index (Phi) is 7.23. The molecule has 0 aromatic carbocycles. The quantitative estimate of drug-likeness (QED) is 0.755. The van der Waals surface area contributed by atoms with Crippen molar-refractivity contribution in [3.8, 4) is 0 Å². The van der Waals surface area contributed by atoms with Gasteiger partial charge in [-0.3, -0.25) is 14.2 Å². The van der Waals surface area contributed by atoms with Crippen molar-refractivity contribution in [1.29, 1.82) is 0 Å². The van der Waals surface area contributed by atoms with Crippen molar-refractivity contribution in [2.45, 2.75) is 52.5 Å². The zero-order valence-corrected chi connectivity index (χ0v) is 17.7. The van der Waals surface area contributed by atoms with Crippen LogP contribution >= 0.6 is 0 Å². The zero-order chi connectivity index (χ0) is 20.5. The van der Waals surface area contributed by atoms with Crippen molar-refractivity contribution in [3.63, 3.8) is 0 Å². The number of amides is 1. The topological polar surface area (TPSA) is 102 Å². The van der Waals surface area contributed by atoms with Crippen LogP contribution in [0.4, 0.5) is 0 Å². The molecular weight excluding hydrogens is 392 g/mol. The van der Waals surface area contributed by atoms with Crippen LogP contribution in [0, 0.1) is 26.7 Å². The van der Waals surface area contributed by atoms with E-state index >= 15 is 0 Å². The van der Waals surface area contributed by atoms with Crippen LogP contribution in [-0.2, 0) is 28.4 Å². The molecule has 1 N–H and O–H groups in total. The second-order valence-corrected chi connectivity index (χ2v) is 9.24. The number of sulfonamides is 1. The molecule has 162 valence electrons. The van der Waals surface area contributed by atoms with Gasteiger partial charge in [-0.05, 0) is 39.7 Å². The van der Waals surface area contributed by atoms with Crippen LogP contribution in [-0.4, -0.2) is 57.8 Å². The van der Waals surface area contributed by atoms with Crippen LogP contribution in [0.3, 0.4) is 0 Å². The van der Waals surface area contributed by atoms with Crippen LogP contribution in [0.15, 0.2) is 17.2 Å². The molecule has 9 nitrogen and oxygen atoms in total. The summed E-state index contributed by atoms with van der Waals surface area (Å²) in [6.45, 7) is 7.48. The number of piperidine rings is 1. The lowest BCUT2D eigenvalue weighted by Crippen LogP contribution is -2.43. The highest BCUT2D eigenvalue weighted by Crippen LogP contribution is 2.25. The number of carbonyl (C=O) groups is 1. The van der Waals surface area contributed by atoms with Crippen molar-refractivity contribution in [2.24, 2.45) is 13.0 Å². The summed E-state index contributed by atoms with van der Waals surface area (Å²) in [7, 11) is -1.85. The number of hydrogen-bond acceptors (Lipinski definition) is 5. The normalized spacial score (nSPS) is 15.9. The molecule has 0 saturated carbocycles. The van der Waals surface area contributed by atoms with E-state index in [0.717, 1.165) is 11.4 Å². The van der Waals surface area contributed by atoms with Gasteiger partial charge < -0.3 is 5.32 Å². The largest absolute Gasteiger partial charge is 0.354 e. The molecule has 0 unspecified atom stereocenters. The van der Waals surface area contributed by atoms with Gasteiger partial charge in [0.25, 0.3) is 0 Å². The Morgan fingerprint density at radius 1 is 1.24 bits per heavy atom. The first-order valence-electron chi connectivity index (χ1n) is 9.47. The minimum atomic E-state index is -3.57. The van der Waals surface area contributed by atoms with Gasteiger partial charge in [-0.1, -0.05) is 7.43 Å². The van der Waals surface area contributed by atoms with E-state index in [1.54, 1.807) is 18.7 Å². The molecule has 0 bridgehead atoms. The summed E-state index contributed by atoms with van der Waals surface area (Å²) in [5.41, 5.74) is 2.64. The predicted octanol–water partition coefficient (Wildman–Crippen LogP) is 1.40. The molecule has 2 aromatic heterocycles. The van der Waals surface area contributed by atoms with Crippen LogP contribution in [0.25, 0.3) is 0 Å². The molecule has 0 aliphatic carbocycles. The molecule has 3 rings (SSSR count). The van der Waals surface area contributed by atoms with Gasteiger partial charge in [0, 0.05) is 38.3 Å². The van der Waals surface area contributed by atoms with Crippen molar-refractivity contribution in [3.05, 3.63) is 29.3 Å². The Morgan fingerprint density at radius 2 is 1.90 bits per heavy atom. The van der Waals surface area contributed by atoms with Gasteiger partial charge in [-0.2, -0.15) is 14.5 Å². The van der Waals surface area contributed by atoms with Gasteiger partial charge in [-0.25, -0.2) is 8.42 Å². The van der Waals surface area contributed by atoms with E-state index in [1.165, 1.54) is 10.5 Å². The molecular formula is C19H32N6O3S. The Morgan fingerprint density at radius 3 is 2.41 bits per heavy atom. The third-order valence-electron chi connectivity index (χ3n) is 5.36. The summed E-state index contributed by atoms with van der Waals surface area (Å²) in [5.74, 6) is -0.182. The molecule has 1 aliphatic heterocycles. The number of nitrogens with zero attached hydrogens (tertiary/aromatic N) is 5. The Hall–Kier alpha value is -2.20. The minimum Gasteiger partial charge on any atom is -0.354 e. The molecule has 2 aromatic rings. The van der Waals surface area contributed by atoms with E-state index in [4.69, 9.17) is 0 Å². The van der Waals surface area contributed by atoms with Gasteiger partial charge in [0.15, 0.2) is 0 Å². The zero-order valence-electron chi connectivity index (χ0n) is 16.8. The van der Waals surface area contributed by atoms with Gasteiger partial charge in [0.1, 0.15) is 4.90 Å². The van der Waals surface area contributed by atoms with Crippen molar-refractivity contribution < 1.29 is 13.2 Å². The smallest absolute Gasteiger partial charge is 0.246 e. The first-order chi connectivity index (χ1) is 13.2. The Labute approximate surface area is 173 Å². The second-order valence-electron chi connectivity index (χ2n) is 7.34. The van der Waals surface area contributed by atoms with Gasteiger partial charge >= 0.3 is 0 Å². The van der Waals surface area contributed by atoms with Crippen molar-refractivity contribution >= 4 is 15.9 Å². The van der Waals surface area contributed by atoms with Crippen LogP contribution < -0.4 is 5.32 Å². The second kappa shape index (κ2) is 9.08. The van der Waals surface area contributed by atoms with Crippen LogP contribution in [0.1, 0.15) is 37.4 Å². The highest BCUT2D eigenvalue weighted by molar-refractivity contribution is 7.89. The average molecular weight is 425 g/mol. The van der Waals surface area contributed by atoms with Crippen LogP contribution in [0.5, 0.6) is 0 Å². The predicted molar refractivity (Wildman–Crippen MR) is 111 cm³/mol. The molecule has 1 fully saturated rings.